The second-order valence-corrected chi connectivity index (χ2v) is 9.22. The number of benzene rings is 2. The molecular formula is C26H34N4O4. The van der Waals surface area contributed by atoms with E-state index in [1.807, 2.05) is 12.1 Å². The molecule has 2 aliphatic rings. The van der Waals surface area contributed by atoms with Gasteiger partial charge in [0, 0.05) is 44.6 Å². The summed E-state index contributed by atoms with van der Waals surface area (Å²) in [5.41, 5.74) is 2.41. The normalized spacial score (nSPS) is 22.6. The van der Waals surface area contributed by atoms with Crippen molar-refractivity contribution in [3.05, 3.63) is 48.0 Å². The molecule has 2 saturated heterocycles. The van der Waals surface area contributed by atoms with E-state index in [1.54, 1.807) is 32.4 Å². The van der Waals surface area contributed by atoms with Crippen LogP contribution in [0.1, 0.15) is 24.8 Å². The predicted molar refractivity (Wildman–Crippen MR) is 133 cm³/mol. The van der Waals surface area contributed by atoms with Crippen LogP contribution in [0.4, 0.5) is 11.4 Å². The zero-order valence-corrected chi connectivity index (χ0v) is 20.3. The van der Waals surface area contributed by atoms with Gasteiger partial charge in [0.1, 0.15) is 11.5 Å². The molecule has 2 aliphatic heterocycles. The first kappa shape index (κ1) is 24.0. The van der Waals surface area contributed by atoms with Crippen molar-refractivity contribution in [3.8, 4) is 11.5 Å². The van der Waals surface area contributed by atoms with Crippen LogP contribution in [0.15, 0.2) is 42.5 Å². The molecular weight excluding hydrogens is 432 g/mol. The number of amides is 2. The van der Waals surface area contributed by atoms with Crippen molar-refractivity contribution >= 4 is 23.2 Å². The van der Waals surface area contributed by atoms with Gasteiger partial charge >= 0.3 is 0 Å². The van der Waals surface area contributed by atoms with Crippen LogP contribution in [-0.2, 0) is 9.59 Å². The van der Waals surface area contributed by atoms with Gasteiger partial charge in [-0.2, -0.15) is 0 Å². The minimum atomic E-state index is -0.197. The van der Waals surface area contributed by atoms with Crippen molar-refractivity contribution in [2.24, 2.45) is 5.92 Å². The summed E-state index contributed by atoms with van der Waals surface area (Å²) in [7, 11) is 5.46. The highest BCUT2D eigenvalue weighted by molar-refractivity contribution is 5.99. The van der Waals surface area contributed by atoms with E-state index in [2.05, 4.69) is 39.6 Å². The van der Waals surface area contributed by atoms with Crippen LogP contribution in [0.3, 0.4) is 0 Å². The van der Waals surface area contributed by atoms with E-state index in [0.29, 0.717) is 41.5 Å². The smallest absolute Gasteiger partial charge is 0.238 e. The molecule has 3 atom stereocenters. The van der Waals surface area contributed by atoms with Gasteiger partial charge in [-0.15, -0.1) is 0 Å². The number of anilines is 2. The fourth-order valence-corrected chi connectivity index (χ4v) is 5.36. The molecule has 8 heteroatoms. The summed E-state index contributed by atoms with van der Waals surface area (Å²) in [6.07, 6.45) is 1.04. The summed E-state index contributed by atoms with van der Waals surface area (Å²) in [5, 5.41) is 5.73. The van der Waals surface area contributed by atoms with E-state index in [4.69, 9.17) is 9.47 Å². The lowest BCUT2D eigenvalue weighted by Gasteiger charge is -2.38. The molecule has 4 rings (SSSR count). The topological polar surface area (TPSA) is 83.1 Å². The lowest BCUT2D eigenvalue weighted by atomic mass is 9.82. The van der Waals surface area contributed by atoms with Crippen LogP contribution < -0.4 is 20.1 Å². The minimum Gasteiger partial charge on any atom is -0.497 e. The summed E-state index contributed by atoms with van der Waals surface area (Å²) in [6, 6.07) is 14.1. The lowest BCUT2D eigenvalue weighted by Crippen LogP contribution is -2.47. The van der Waals surface area contributed by atoms with Gasteiger partial charge in [0.25, 0.3) is 0 Å². The second-order valence-electron chi connectivity index (χ2n) is 9.22. The lowest BCUT2D eigenvalue weighted by molar-refractivity contribution is -0.118. The molecule has 0 aromatic heterocycles. The number of hydrogen-bond acceptors (Lipinski definition) is 6. The number of hydrogen-bond donors (Lipinski definition) is 2. The Balaban J connectivity index is 1.43. The number of fused-ring (bicyclic) bond motifs is 1. The Labute approximate surface area is 201 Å². The Morgan fingerprint density at radius 2 is 1.68 bits per heavy atom. The molecule has 0 spiro atoms. The SMILES string of the molecule is COc1ccc([C@H]2CN(C)[C@@H]3CCN(CC(=O)Nc4cc(OC)ccc4NC(C)=O)C[C@H]23)cc1. The Bertz CT molecular complexity index is 1030. The molecule has 2 heterocycles. The highest BCUT2D eigenvalue weighted by atomic mass is 16.5. The van der Waals surface area contributed by atoms with Crippen molar-refractivity contribution in [2.75, 3.05) is 58.1 Å². The summed E-state index contributed by atoms with van der Waals surface area (Å²) in [6.45, 7) is 4.52. The van der Waals surface area contributed by atoms with Gasteiger partial charge in [-0.05, 0) is 49.2 Å². The molecule has 34 heavy (non-hydrogen) atoms. The minimum absolute atomic E-state index is 0.106. The number of piperidine rings is 1. The summed E-state index contributed by atoms with van der Waals surface area (Å²) in [5.74, 6) is 2.07. The Hall–Kier alpha value is -3.10. The second kappa shape index (κ2) is 10.4. The number of likely N-dealkylation sites (tertiary alicyclic amines) is 2. The highest BCUT2D eigenvalue weighted by Gasteiger charge is 2.43. The summed E-state index contributed by atoms with van der Waals surface area (Å²) < 4.78 is 10.6. The van der Waals surface area contributed by atoms with Crippen LogP contribution in [0.25, 0.3) is 0 Å². The maximum absolute atomic E-state index is 13.0. The zero-order chi connectivity index (χ0) is 24.2. The van der Waals surface area contributed by atoms with E-state index < -0.39 is 0 Å². The highest BCUT2D eigenvalue weighted by Crippen LogP contribution is 2.41. The zero-order valence-electron chi connectivity index (χ0n) is 20.3. The van der Waals surface area contributed by atoms with Gasteiger partial charge in [-0.3, -0.25) is 14.5 Å². The van der Waals surface area contributed by atoms with Crippen LogP contribution in [-0.4, -0.2) is 75.1 Å². The number of methoxy groups -OCH3 is 2. The average Bonchev–Trinajstić information content (AvgIpc) is 3.15. The van der Waals surface area contributed by atoms with Crippen LogP contribution >= 0.6 is 0 Å². The van der Waals surface area contributed by atoms with E-state index in [-0.39, 0.29) is 11.8 Å². The van der Waals surface area contributed by atoms with E-state index in [0.717, 1.165) is 31.8 Å². The Morgan fingerprint density at radius 3 is 2.35 bits per heavy atom. The number of nitrogens with zero attached hydrogens (tertiary/aromatic N) is 2. The van der Waals surface area contributed by atoms with E-state index in [1.165, 1.54) is 12.5 Å². The number of ether oxygens (including phenoxy) is 2. The molecule has 0 unspecified atom stereocenters. The number of carbonyl (C=O) groups is 2. The molecule has 0 radical (unpaired) electrons. The maximum Gasteiger partial charge on any atom is 0.238 e. The summed E-state index contributed by atoms with van der Waals surface area (Å²) >= 11 is 0. The monoisotopic (exact) mass is 466 g/mol. The fraction of sp³-hybridized carbons (Fsp3) is 0.462. The van der Waals surface area contributed by atoms with Crippen LogP contribution in [0.5, 0.6) is 11.5 Å². The van der Waals surface area contributed by atoms with Crippen molar-refractivity contribution in [1.29, 1.82) is 0 Å². The molecule has 2 fully saturated rings. The van der Waals surface area contributed by atoms with Crippen molar-refractivity contribution in [3.63, 3.8) is 0 Å². The third-order valence-electron chi connectivity index (χ3n) is 6.99. The van der Waals surface area contributed by atoms with Crippen LogP contribution in [0.2, 0.25) is 0 Å². The number of rotatable bonds is 7. The van der Waals surface area contributed by atoms with E-state index >= 15 is 0 Å². The third kappa shape index (κ3) is 5.34. The third-order valence-corrected chi connectivity index (χ3v) is 6.99. The predicted octanol–water partition coefficient (Wildman–Crippen LogP) is 3.02. The fourth-order valence-electron chi connectivity index (χ4n) is 5.36. The largest absolute Gasteiger partial charge is 0.497 e. The molecule has 2 aromatic rings. The van der Waals surface area contributed by atoms with Gasteiger partial charge in [-0.25, -0.2) is 0 Å². The molecule has 0 bridgehead atoms. The molecule has 0 aliphatic carbocycles. The average molecular weight is 467 g/mol. The van der Waals surface area contributed by atoms with Gasteiger partial charge in [-0.1, -0.05) is 12.1 Å². The first-order valence-electron chi connectivity index (χ1n) is 11.7. The standard InChI is InChI=1S/C26H34N4O4/c1-17(31)27-23-10-9-20(34-4)13-24(23)28-26(32)16-30-12-11-25-22(15-30)21(14-29(25)2)18-5-7-19(33-3)8-6-18/h5-10,13,21-22,25H,11-12,14-16H2,1-4H3,(H,27,31)(H,28,32)/t21-,22-,25-/m1/s1. The maximum atomic E-state index is 13.0. The van der Waals surface area contributed by atoms with Crippen molar-refractivity contribution < 1.29 is 19.1 Å². The molecule has 182 valence electrons. The molecule has 2 aromatic carbocycles. The Morgan fingerprint density at radius 1 is 0.971 bits per heavy atom. The Kier molecular flexibility index (Phi) is 7.38. The van der Waals surface area contributed by atoms with Gasteiger partial charge in [0.15, 0.2) is 0 Å². The molecule has 2 amide bonds. The molecule has 2 N–H and O–H groups in total. The van der Waals surface area contributed by atoms with Crippen LogP contribution in [0, 0.1) is 5.92 Å². The van der Waals surface area contributed by atoms with Crippen molar-refractivity contribution in [2.45, 2.75) is 25.3 Å². The first-order valence-corrected chi connectivity index (χ1v) is 11.7. The molecule has 8 nitrogen and oxygen atoms in total. The summed E-state index contributed by atoms with van der Waals surface area (Å²) in [4.78, 5) is 29.2. The molecule has 0 saturated carbocycles. The van der Waals surface area contributed by atoms with Gasteiger partial charge in [0.2, 0.25) is 11.8 Å². The van der Waals surface area contributed by atoms with Gasteiger partial charge < -0.3 is 25.0 Å². The quantitative estimate of drug-likeness (QED) is 0.653. The van der Waals surface area contributed by atoms with E-state index in [9.17, 15) is 9.59 Å². The van der Waals surface area contributed by atoms with Gasteiger partial charge in [0.05, 0.1) is 32.1 Å². The number of nitrogens with one attached hydrogen (secondary N) is 2. The van der Waals surface area contributed by atoms with Crippen molar-refractivity contribution in [1.82, 2.24) is 9.80 Å². The number of likely N-dealkylation sites (N-methyl/N-ethyl adjacent to an activating group) is 1. The number of carbonyl (C=O) groups excluding carboxylic acids is 2. The first-order chi connectivity index (χ1) is 16.4.